The molecule has 0 aromatic carbocycles. The summed E-state index contributed by atoms with van der Waals surface area (Å²) in [6, 6.07) is 0. The van der Waals surface area contributed by atoms with Crippen LogP contribution < -0.4 is 0 Å². The quantitative estimate of drug-likeness (QED) is 0.377. The summed E-state index contributed by atoms with van der Waals surface area (Å²) in [6.07, 6.45) is 1.17. The van der Waals surface area contributed by atoms with E-state index in [4.69, 9.17) is 5.53 Å². The zero-order valence-electron chi connectivity index (χ0n) is 8.68. The molecule has 0 radical (unpaired) electrons. The molecule has 1 fully saturated rings. The van der Waals surface area contributed by atoms with Crippen molar-refractivity contribution < 1.29 is 4.79 Å². The highest BCUT2D eigenvalue weighted by molar-refractivity contribution is 5.78. The molecule has 1 amide bonds. The molecule has 5 heteroatoms. The second-order valence-electron chi connectivity index (χ2n) is 4.13. The summed E-state index contributed by atoms with van der Waals surface area (Å²) >= 11 is 0. The highest BCUT2D eigenvalue weighted by Gasteiger charge is 2.24. The monoisotopic (exact) mass is 196 g/mol. The maximum atomic E-state index is 11.5. The molecule has 5 nitrogen and oxygen atoms in total. The molecule has 1 aliphatic rings. The Hall–Kier alpha value is -1.22. The molecule has 2 unspecified atom stereocenters. The van der Waals surface area contributed by atoms with Crippen LogP contribution in [0.5, 0.6) is 0 Å². The van der Waals surface area contributed by atoms with Crippen LogP contribution in [0.2, 0.25) is 0 Å². The van der Waals surface area contributed by atoms with Gasteiger partial charge in [0.05, 0.1) is 0 Å². The smallest absolute Gasteiger partial charge is 0.228 e. The molecule has 2 atom stereocenters. The Bertz CT molecular complexity index is 250. The van der Waals surface area contributed by atoms with Crippen molar-refractivity contribution in [3.05, 3.63) is 10.4 Å². The fraction of sp³-hybridized carbons (Fsp3) is 0.889. The first-order valence-corrected chi connectivity index (χ1v) is 4.92. The standard InChI is InChI=1S/C9H16N4O/c1-7-3-8(2)6-13(5-7)9(14)4-11-12-10/h7-8H,3-6H2,1-2H3. The maximum Gasteiger partial charge on any atom is 0.228 e. The van der Waals surface area contributed by atoms with E-state index in [0.717, 1.165) is 13.1 Å². The number of hydrogen-bond donors (Lipinski definition) is 0. The molecule has 1 rings (SSSR count). The van der Waals surface area contributed by atoms with Gasteiger partial charge in [0.1, 0.15) is 6.54 Å². The second kappa shape index (κ2) is 4.86. The molecule has 0 aromatic heterocycles. The third-order valence-corrected chi connectivity index (χ3v) is 2.49. The van der Waals surface area contributed by atoms with Gasteiger partial charge in [-0.2, -0.15) is 0 Å². The van der Waals surface area contributed by atoms with Gasteiger partial charge in [-0.1, -0.05) is 19.0 Å². The van der Waals surface area contributed by atoms with E-state index in [2.05, 4.69) is 23.9 Å². The van der Waals surface area contributed by atoms with Crippen LogP contribution in [-0.2, 0) is 4.79 Å². The van der Waals surface area contributed by atoms with E-state index < -0.39 is 0 Å². The third kappa shape index (κ3) is 2.92. The molecule has 0 aromatic rings. The van der Waals surface area contributed by atoms with Crippen molar-refractivity contribution in [1.82, 2.24) is 4.90 Å². The molecular weight excluding hydrogens is 180 g/mol. The summed E-state index contributed by atoms with van der Waals surface area (Å²) < 4.78 is 0. The first-order valence-electron chi connectivity index (χ1n) is 4.92. The Morgan fingerprint density at radius 2 is 2.07 bits per heavy atom. The molecular formula is C9H16N4O. The number of rotatable bonds is 2. The topological polar surface area (TPSA) is 69.1 Å². The maximum absolute atomic E-state index is 11.5. The van der Waals surface area contributed by atoms with Crippen molar-refractivity contribution in [2.45, 2.75) is 20.3 Å². The summed E-state index contributed by atoms with van der Waals surface area (Å²) in [5.41, 5.74) is 8.11. The number of carbonyl (C=O) groups excluding carboxylic acids is 1. The third-order valence-electron chi connectivity index (χ3n) is 2.49. The average Bonchev–Trinajstić information content (AvgIpc) is 2.12. The number of piperidine rings is 1. The van der Waals surface area contributed by atoms with Gasteiger partial charge in [0.25, 0.3) is 0 Å². The van der Waals surface area contributed by atoms with E-state index in [1.54, 1.807) is 4.90 Å². The number of hydrogen-bond acceptors (Lipinski definition) is 2. The lowest BCUT2D eigenvalue weighted by Crippen LogP contribution is -2.43. The lowest BCUT2D eigenvalue weighted by Gasteiger charge is -2.34. The first kappa shape index (κ1) is 10.9. The molecule has 0 aliphatic carbocycles. The minimum Gasteiger partial charge on any atom is -0.342 e. The van der Waals surface area contributed by atoms with Crippen LogP contribution in [0.4, 0.5) is 0 Å². The molecule has 14 heavy (non-hydrogen) atoms. The zero-order chi connectivity index (χ0) is 10.6. The molecule has 1 saturated heterocycles. The van der Waals surface area contributed by atoms with E-state index in [0.29, 0.717) is 11.8 Å². The second-order valence-corrected chi connectivity index (χ2v) is 4.13. The lowest BCUT2D eigenvalue weighted by atomic mass is 9.92. The summed E-state index contributed by atoms with van der Waals surface area (Å²) in [5.74, 6) is 1.05. The van der Waals surface area contributed by atoms with E-state index in [-0.39, 0.29) is 12.5 Å². The van der Waals surface area contributed by atoms with Crippen LogP contribution in [0.15, 0.2) is 5.11 Å². The Morgan fingerprint density at radius 1 is 1.50 bits per heavy atom. The van der Waals surface area contributed by atoms with Gasteiger partial charge in [0, 0.05) is 18.0 Å². The number of likely N-dealkylation sites (tertiary alicyclic amines) is 1. The van der Waals surface area contributed by atoms with Crippen molar-refractivity contribution in [2.75, 3.05) is 19.6 Å². The van der Waals surface area contributed by atoms with Gasteiger partial charge in [-0.05, 0) is 23.8 Å². The molecule has 0 saturated carbocycles. The number of nitrogens with zero attached hydrogens (tertiary/aromatic N) is 4. The molecule has 78 valence electrons. The molecule has 1 aliphatic heterocycles. The van der Waals surface area contributed by atoms with Gasteiger partial charge >= 0.3 is 0 Å². The minimum atomic E-state index is -0.0544. The van der Waals surface area contributed by atoms with Crippen LogP contribution in [0, 0.1) is 11.8 Å². The highest BCUT2D eigenvalue weighted by atomic mass is 16.2. The van der Waals surface area contributed by atoms with Gasteiger partial charge < -0.3 is 4.90 Å². The number of carbonyl (C=O) groups is 1. The van der Waals surface area contributed by atoms with Crippen LogP contribution >= 0.6 is 0 Å². The van der Waals surface area contributed by atoms with Gasteiger partial charge in [0.2, 0.25) is 5.91 Å². The number of azide groups is 1. The van der Waals surface area contributed by atoms with Crippen molar-refractivity contribution in [1.29, 1.82) is 0 Å². The van der Waals surface area contributed by atoms with E-state index in [1.807, 2.05) is 0 Å². The van der Waals surface area contributed by atoms with Gasteiger partial charge in [-0.3, -0.25) is 4.79 Å². The number of amides is 1. The predicted octanol–water partition coefficient (Wildman–Crippen LogP) is 1.80. The highest BCUT2D eigenvalue weighted by Crippen LogP contribution is 2.20. The largest absolute Gasteiger partial charge is 0.342 e. The van der Waals surface area contributed by atoms with Gasteiger partial charge in [-0.15, -0.1) is 0 Å². The van der Waals surface area contributed by atoms with Crippen molar-refractivity contribution in [3.8, 4) is 0 Å². The van der Waals surface area contributed by atoms with Crippen LogP contribution in [0.1, 0.15) is 20.3 Å². The predicted molar refractivity (Wildman–Crippen MR) is 53.5 cm³/mol. The van der Waals surface area contributed by atoms with Crippen LogP contribution in [0.3, 0.4) is 0 Å². The molecule has 1 heterocycles. The van der Waals surface area contributed by atoms with Gasteiger partial charge in [0.15, 0.2) is 0 Å². The van der Waals surface area contributed by atoms with Gasteiger partial charge in [-0.25, -0.2) is 0 Å². The molecule has 0 N–H and O–H groups in total. The minimum absolute atomic E-state index is 0.0457. The van der Waals surface area contributed by atoms with Crippen molar-refractivity contribution in [2.24, 2.45) is 17.0 Å². The van der Waals surface area contributed by atoms with Crippen molar-refractivity contribution in [3.63, 3.8) is 0 Å². The van der Waals surface area contributed by atoms with Crippen molar-refractivity contribution >= 4 is 5.91 Å². The van der Waals surface area contributed by atoms with Crippen LogP contribution in [0.25, 0.3) is 10.4 Å². The Balaban J connectivity index is 2.50. The fourth-order valence-corrected chi connectivity index (χ4v) is 2.06. The Kier molecular flexibility index (Phi) is 3.77. The lowest BCUT2D eigenvalue weighted by molar-refractivity contribution is -0.132. The summed E-state index contributed by atoms with van der Waals surface area (Å²) in [5, 5.41) is 3.29. The molecule has 0 bridgehead atoms. The SMILES string of the molecule is CC1CC(C)CN(C(=O)CN=[N+]=[N-])C1. The van der Waals surface area contributed by atoms with E-state index >= 15 is 0 Å². The molecule has 0 spiro atoms. The normalized spacial score (nSPS) is 26.9. The summed E-state index contributed by atoms with van der Waals surface area (Å²) in [7, 11) is 0. The zero-order valence-corrected chi connectivity index (χ0v) is 8.68. The fourth-order valence-electron chi connectivity index (χ4n) is 2.06. The average molecular weight is 196 g/mol. The van der Waals surface area contributed by atoms with E-state index in [1.165, 1.54) is 6.42 Å². The van der Waals surface area contributed by atoms with E-state index in [9.17, 15) is 4.79 Å². The first-order chi connectivity index (χ1) is 6.63. The van der Waals surface area contributed by atoms with Crippen LogP contribution in [-0.4, -0.2) is 30.4 Å². The summed E-state index contributed by atoms with van der Waals surface area (Å²) in [6.45, 7) is 5.83. The summed E-state index contributed by atoms with van der Waals surface area (Å²) in [4.78, 5) is 15.9. The Labute approximate surface area is 83.7 Å². The Morgan fingerprint density at radius 3 is 2.57 bits per heavy atom.